The van der Waals surface area contributed by atoms with Gasteiger partial charge in [0.25, 0.3) is 0 Å². The molecule has 0 aliphatic carbocycles. The molecule has 0 radical (unpaired) electrons. The fourth-order valence-electron chi connectivity index (χ4n) is 1.23. The predicted octanol–water partition coefficient (Wildman–Crippen LogP) is 4.02. The topological polar surface area (TPSA) is 0 Å². The monoisotopic (exact) mass is 236 g/mol. The molecule has 1 aromatic heterocycles. The number of rotatable bonds is 2. The van der Waals surface area contributed by atoms with Crippen LogP contribution in [0.1, 0.15) is 5.56 Å². The summed E-state index contributed by atoms with van der Waals surface area (Å²) in [6.07, 6.45) is 0. The number of thiocarbonyl (C=S) groups is 1. The summed E-state index contributed by atoms with van der Waals surface area (Å²) in [5.41, 5.74) is 3.48. The van der Waals surface area contributed by atoms with E-state index in [1.54, 1.807) is 11.3 Å². The number of thiol groups is 1. The minimum absolute atomic E-state index is 0.641. The van der Waals surface area contributed by atoms with Gasteiger partial charge in [0.1, 0.15) is 0 Å². The lowest BCUT2D eigenvalue weighted by molar-refractivity contribution is 1.66. The van der Waals surface area contributed by atoms with Crippen LogP contribution < -0.4 is 0 Å². The highest BCUT2D eigenvalue weighted by atomic mass is 32.1. The highest BCUT2D eigenvalue weighted by Crippen LogP contribution is 2.22. The lowest BCUT2D eigenvalue weighted by Crippen LogP contribution is -1.85. The zero-order valence-corrected chi connectivity index (χ0v) is 9.83. The van der Waals surface area contributed by atoms with Gasteiger partial charge in [0.2, 0.25) is 0 Å². The van der Waals surface area contributed by atoms with E-state index in [0.717, 1.165) is 5.56 Å². The predicted molar refractivity (Wildman–Crippen MR) is 70.4 cm³/mol. The second kappa shape index (κ2) is 4.26. The van der Waals surface area contributed by atoms with Crippen molar-refractivity contribution in [2.24, 2.45) is 0 Å². The van der Waals surface area contributed by atoms with Crippen LogP contribution in [0.15, 0.2) is 41.1 Å². The highest BCUT2D eigenvalue weighted by Gasteiger charge is 1.99. The van der Waals surface area contributed by atoms with E-state index in [1.165, 1.54) is 11.1 Å². The molecule has 0 bridgehead atoms. The average molecular weight is 236 g/mol. The molecule has 0 atom stereocenters. The molecule has 2 rings (SSSR count). The first-order chi connectivity index (χ1) is 6.77. The maximum absolute atomic E-state index is 4.97. The molecular weight excluding hydrogens is 228 g/mol. The summed E-state index contributed by atoms with van der Waals surface area (Å²) in [5, 5.41) is 4.21. The van der Waals surface area contributed by atoms with Gasteiger partial charge >= 0.3 is 0 Å². The average Bonchev–Trinajstić information content (AvgIpc) is 2.71. The van der Waals surface area contributed by atoms with E-state index >= 15 is 0 Å². The second-order valence-corrected chi connectivity index (χ2v) is 4.83. The standard InChI is InChI=1S/C11H8S3/c12-11(13)9-3-1-8(2-4-9)10-5-6-14-7-10/h1-7H,(H,12,13). The number of thiophene rings is 1. The van der Waals surface area contributed by atoms with Gasteiger partial charge in [-0.15, -0.1) is 12.6 Å². The molecule has 0 nitrogen and oxygen atoms in total. The Balaban J connectivity index is 2.36. The molecule has 0 aliphatic heterocycles. The molecule has 14 heavy (non-hydrogen) atoms. The van der Waals surface area contributed by atoms with E-state index in [2.05, 4.69) is 41.6 Å². The molecule has 0 amide bonds. The molecule has 0 saturated carbocycles. The van der Waals surface area contributed by atoms with Gasteiger partial charge in [-0.3, -0.25) is 0 Å². The van der Waals surface area contributed by atoms with Crippen LogP contribution in [0.5, 0.6) is 0 Å². The van der Waals surface area contributed by atoms with E-state index in [1.807, 2.05) is 12.1 Å². The van der Waals surface area contributed by atoms with Crippen molar-refractivity contribution < 1.29 is 0 Å². The molecule has 3 heteroatoms. The van der Waals surface area contributed by atoms with Crippen LogP contribution in [0.25, 0.3) is 11.1 Å². The fourth-order valence-corrected chi connectivity index (χ4v) is 2.18. The molecule has 0 aliphatic rings. The minimum Gasteiger partial charge on any atom is -0.152 e. The SMILES string of the molecule is S=C(S)c1ccc(-c2ccsc2)cc1. The number of hydrogen-bond donors (Lipinski definition) is 1. The Labute approximate surface area is 98.0 Å². The van der Waals surface area contributed by atoms with Crippen molar-refractivity contribution in [2.45, 2.75) is 0 Å². The Morgan fingerprint density at radius 1 is 1.07 bits per heavy atom. The first-order valence-corrected chi connectivity index (χ1v) is 5.93. The number of hydrogen-bond acceptors (Lipinski definition) is 2. The van der Waals surface area contributed by atoms with E-state index in [0.29, 0.717) is 4.20 Å². The second-order valence-electron chi connectivity index (χ2n) is 2.89. The molecular formula is C11H8S3. The van der Waals surface area contributed by atoms with Gasteiger partial charge in [-0.1, -0.05) is 36.5 Å². The molecule has 0 unspecified atom stereocenters. The summed E-state index contributed by atoms with van der Waals surface area (Å²) in [5.74, 6) is 0. The van der Waals surface area contributed by atoms with Gasteiger partial charge < -0.3 is 0 Å². The Hall–Kier alpha value is -0.640. The van der Waals surface area contributed by atoms with Crippen LogP contribution in [0.2, 0.25) is 0 Å². The summed E-state index contributed by atoms with van der Waals surface area (Å²) in [4.78, 5) is 0. The Morgan fingerprint density at radius 3 is 2.29 bits per heavy atom. The van der Waals surface area contributed by atoms with Crippen molar-refractivity contribution in [2.75, 3.05) is 0 Å². The van der Waals surface area contributed by atoms with Gasteiger partial charge in [0.15, 0.2) is 0 Å². The van der Waals surface area contributed by atoms with Crippen LogP contribution in [0, 0.1) is 0 Å². The van der Waals surface area contributed by atoms with Crippen LogP contribution in [0.4, 0.5) is 0 Å². The zero-order valence-electron chi connectivity index (χ0n) is 7.31. The lowest BCUT2D eigenvalue weighted by Gasteiger charge is -2.00. The molecule has 0 N–H and O–H groups in total. The normalized spacial score (nSPS) is 10.1. The van der Waals surface area contributed by atoms with Crippen molar-refractivity contribution in [1.82, 2.24) is 0 Å². The van der Waals surface area contributed by atoms with Crippen molar-refractivity contribution >= 4 is 40.4 Å². The molecule has 1 aromatic carbocycles. The largest absolute Gasteiger partial charge is 0.152 e. The van der Waals surface area contributed by atoms with Crippen LogP contribution in [-0.2, 0) is 0 Å². The lowest BCUT2D eigenvalue weighted by atomic mass is 10.1. The summed E-state index contributed by atoms with van der Waals surface area (Å²) < 4.78 is 0.641. The molecule has 0 fully saturated rings. The third-order valence-electron chi connectivity index (χ3n) is 1.99. The molecule has 0 saturated heterocycles. The van der Waals surface area contributed by atoms with Gasteiger partial charge in [-0.2, -0.15) is 11.3 Å². The number of benzene rings is 1. The highest BCUT2D eigenvalue weighted by molar-refractivity contribution is 8.11. The summed E-state index contributed by atoms with van der Waals surface area (Å²) in [6, 6.07) is 10.3. The molecule has 70 valence electrons. The smallest absolute Gasteiger partial charge is 0.0747 e. The van der Waals surface area contributed by atoms with E-state index < -0.39 is 0 Å². The van der Waals surface area contributed by atoms with E-state index in [-0.39, 0.29) is 0 Å². The van der Waals surface area contributed by atoms with Crippen LogP contribution in [-0.4, -0.2) is 4.20 Å². The van der Waals surface area contributed by atoms with Gasteiger partial charge in [-0.25, -0.2) is 0 Å². The maximum Gasteiger partial charge on any atom is 0.0747 e. The zero-order chi connectivity index (χ0) is 9.97. The Kier molecular flexibility index (Phi) is 3.01. The third kappa shape index (κ3) is 2.05. The summed E-state index contributed by atoms with van der Waals surface area (Å²) in [6.45, 7) is 0. The van der Waals surface area contributed by atoms with Crippen molar-refractivity contribution in [1.29, 1.82) is 0 Å². The fraction of sp³-hybridized carbons (Fsp3) is 0. The Bertz CT molecular complexity index is 426. The van der Waals surface area contributed by atoms with Crippen molar-refractivity contribution in [3.63, 3.8) is 0 Å². The first-order valence-electron chi connectivity index (χ1n) is 4.13. The first kappa shape index (κ1) is 9.90. The third-order valence-corrected chi connectivity index (χ3v) is 3.16. The van der Waals surface area contributed by atoms with Gasteiger partial charge in [0, 0.05) is 0 Å². The Morgan fingerprint density at radius 2 is 1.79 bits per heavy atom. The van der Waals surface area contributed by atoms with Crippen LogP contribution >= 0.6 is 36.2 Å². The van der Waals surface area contributed by atoms with Crippen LogP contribution in [0.3, 0.4) is 0 Å². The summed E-state index contributed by atoms with van der Waals surface area (Å²) in [7, 11) is 0. The molecule has 1 heterocycles. The van der Waals surface area contributed by atoms with E-state index in [4.69, 9.17) is 12.2 Å². The summed E-state index contributed by atoms with van der Waals surface area (Å²) >= 11 is 10.8. The maximum atomic E-state index is 4.97. The van der Waals surface area contributed by atoms with E-state index in [9.17, 15) is 0 Å². The van der Waals surface area contributed by atoms with Crippen molar-refractivity contribution in [3.8, 4) is 11.1 Å². The minimum atomic E-state index is 0.641. The quantitative estimate of drug-likeness (QED) is 0.607. The molecule has 0 spiro atoms. The van der Waals surface area contributed by atoms with Gasteiger partial charge in [-0.05, 0) is 33.5 Å². The molecule has 2 aromatic rings. The van der Waals surface area contributed by atoms with Crippen molar-refractivity contribution in [3.05, 3.63) is 46.7 Å². The van der Waals surface area contributed by atoms with Gasteiger partial charge in [0.05, 0.1) is 4.20 Å².